The Morgan fingerprint density at radius 3 is 2.74 bits per heavy atom. The molecule has 158 valence electrons. The fourth-order valence-electron chi connectivity index (χ4n) is 3.05. The van der Waals surface area contributed by atoms with E-state index in [2.05, 4.69) is 57.1 Å². The van der Waals surface area contributed by atoms with Crippen LogP contribution in [0.5, 0.6) is 0 Å². The number of halogens is 1. The lowest BCUT2D eigenvalue weighted by molar-refractivity contribution is 0.0950. The third-order valence-electron chi connectivity index (χ3n) is 4.57. The molecular weight excluding hydrogens is 433 g/mol. The molecule has 0 aliphatic rings. The SMILES string of the molecule is Cc1ccc(-n2ccnc2SCc2nnc(C(=O)NCc3ccc(F)cc3)s2)c(C)c1. The first-order valence-electron chi connectivity index (χ1n) is 9.58. The Morgan fingerprint density at radius 1 is 1.16 bits per heavy atom. The molecule has 0 unspecified atom stereocenters. The van der Waals surface area contributed by atoms with E-state index in [-0.39, 0.29) is 11.7 Å². The Morgan fingerprint density at radius 2 is 1.97 bits per heavy atom. The molecule has 0 spiro atoms. The number of imidazole rings is 1. The summed E-state index contributed by atoms with van der Waals surface area (Å²) in [6.45, 7) is 4.46. The number of rotatable bonds is 7. The van der Waals surface area contributed by atoms with Gasteiger partial charge < -0.3 is 5.32 Å². The zero-order chi connectivity index (χ0) is 21.8. The third kappa shape index (κ3) is 5.18. The fourth-order valence-corrected chi connectivity index (χ4v) is 4.75. The molecule has 0 radical (unpaired) electrons. The highest BCUT2D eigenvalue weighted by Crippen LogP contribution is 2.27. The first-order chi connectivity index (χ1) is 15.0. The highest BCUT2D eigenvalue weighted by Gasteiger charge is 2.14. The number of carbonyl (C=O) groups excluding carboxylic acids is 1. The molecule has 2 aromatic heterocycles. The van der Waals surface area contributed by atoms with Crippen LogP contribution < -0.4 is 5.32 Å². The molecule has 1 amide bonds. The maximum absolute atomic E-state index is 13.0. The summed E-state index contributed by atoms with van der Waals surface area (Å²) in [5.41, 5.74) is 4.29. The van der Waals surface area contributed by atoms with E-state index < -0.39 is 0 Å². The van der Waals surface area contributed by atoms with Crippen molar-refractivity contribution in [2.45, 2.75) is 31.3 Å². The summed E-state index contributed by atoms with van der Waals surface area (Å²) >= 11 is 2.80. The quantitative estimate of drug-likeness (QED) is 0.411. The predicted octanol–water partition coefficient (Wildman–Crippen LogP) is 4.70. The van der Waals surface area contributed by atoms with Crippen LogP contribution in [0.2, 0.25) is 0 Å². The highest BCUT2D eigenvalue weighted by atomic mass is 32.2. The summed E-state index contributed by atoms with van der Waals surface area (Å²) in [5.74, 6) is -0.0421. The maximum Gasteiger partial charge on any atom is 0.282 e. The van der Waals surface area contributed by atoms with Crippen LogP contribution in [0.25, 0.3) is 5.69 Å². The summed E-state index contributed by atoms with van der Waals surface area (Å²) in [7, 11) is 0. The topological polar surface area (TPSA) is 72.7 Å². The van der Waals surface area contributed by atoms with Crippen molar-refractivity contribution in [1.29, 1.82) is 0 Å². The maximum atomic E-state index is 13.0. The Bertz CT molecular complexity index is 1200. The number of thioether (sulfide) groups is 1. The summed E-state index contributed by atoms with van der Waals surface area (Å²) in [6, 6.07) is 12.3. The number of nitrogens with one attached hydrogen (secondary N) is 1. The van der Waals surface area contributed by atoms with E-state index in [1.807, 2.05) is 6.20 Å². The summed E-state index contributed by atoms with van der Waals surface area (Å²) in [5, 5.41) is 12.8. The highest BCUT2D eigenvalue weighted by molar-refractivity contribution is 7.98. The Kier molecular flexibility index (Phi) is 6.43. The van der Waals surface area contributed by atoms with E-state index in [9.17, 15) is 9.18 Å². The second-order valence-corrected chi connectivity index (χ2v) is 8.97. The molecule has 9 heteroatoms. The second kappa shape index (κ2) is 9.40. The molecule has 0 aliphatic heterocycles. The molecule has 0 saturated heterocycles. The van der Waals surface area contributed by atoms with Gasteiger partial charge >= 0.3 is 0 Å². The van der Waals surface area contributed by atoms with Gasteiger partial charge in [-0.2, -0.15) is 0 Å². The van der Waals surface area contributed by atoms with Crippen LogP contribution in [0.3, 0.4) is 0 Å². The van der Waals surface area contributed by atoms with Gasteiger partial charge in [0.25, 0.3) is 5.91 Å². The van der Waals surface area contributed by atoms with Crippen LogP contribution >= 0.6 is 23.1 Å². The van der Waals surface area contributed by atoms with Crippen LogP contribution in [0, 0.1) is 19.7 Å². The summed E-state index contributed by atoms with van der Waals surface area (Å²) in [6.07, 6.45) is 3.71. The van der Waals surface area contributed by atoms with Crippen molar-refractivity contribution in [2.75, 3.05) is 0 Å². The number of amides is 1. The smallest absolute Gasteiger partial charge is 0.282 e. The summed E-state index contributed by atoms with van der Waals surface area (Å²) < 4.78 is 15.0. The van der Waals surface area contributed by atoms with Gasteiger partial charge in [0.1, 0.15) is 10.8 Å². The first kappa shape index (κ1) is 21.2. The Hall–Kier alpha value is -3.04. The molecule has 0 aliphatic carbocycles. The van der Waals surface area contributed by atoms with Crippen LogP contribution in [0.1, 0.15) is 31.5 Å². The molecular formula is C22H20FN5OS2. The van der Waals surface area contributed by atoms with Gasteiger partial charge in [0, 0.05) is 18.9 Å². The number of carbonyl (C=O) groups is 1. The van der Waals surface area contributed by atoms with Crippen LogP contribution in [0.4, 0.5) is 4.39 Å². The van der Waals surface area contributed by atoms with E-state index >= 15 is 0 Å². The van der Waals surface area contributed by atoms with Gasteiger partial charge in [-0.25, -0.2) is 9.37 Å². The molecule has 4 rings (SSSR count). The molecule has 31 heavy (non-hydrogen) atoms. The Labute approximate surface area is 187 Å². The monoisotopic (exact) mass is 453 g/mol. The molecule has 0 saturated carbocycles. The zero-order valence-corrected chi connectivity index (χ0v) is 18.6. The van der Waals surface area contributed by atoms with Crippen LogP contribution in [-0.2, 0) is 12.3 Å². The minimum absolute atomic E-state index is 0.296. The lowest BCUT2D eigenvalue weighted by Gasteiger charge is -2.10. The molecule has 1 N–H and O–H groups in total. The van der Waals surface area contributed by atoms with E-state index in [1.165, 1.54) is 34.6 Å². The number of hydrogen-bond donors (Lipinski definition) is 1. The molecule has 6 nitrogen and oxygen atoms in total. The number of aryl methyl sites for hydroxylation is 2. The van der Waals surface area contributed by atoms with Crippen molar-refractivity contribution < 1.29 is 9.18 Å². The zero-order valence-electron chi connectivity index (χ0n) is 17.0. The van der Waals surface area contributed by atoms with Gasteiger partial charge in [-0.05, 0) is 43.2 Å². The largest absolute Gasteiger partial charge is 0.346 e. The number of benzene rings is 2. The lowest BCUT2D eigenvalue weighted by Crippen LogP contribution is -2.22. The summed E-state index contributed by atoms with van der Waals surface area (Å²) in [4.78, 5) is 16.8. The minimum atomic E-state index is -0.306. The van der Waals surface area contributed by atoms with Crippen molar-refractivity contribution >= 4 is 29.0 Å². The second-order valence-electron chi connectivity index (χ2n) is 6.97. The van der Waals surface area contributed by atoms with Crippen LogP contribution in [0.15, 0.2) is 60.0 Å². The van der Waals surface area contributed by atoms with Gasteiger partial charge in [0.05, 0.1) is 11.4 Å². The van der Waals surface area contributed by atoms with Crippen molar-refractivity contribution in [3.05, 3.63) is 87.4 Å². The molecule has 4 aromatic rings. The van der Waals surface area contributed by atoms with Gasteiger partial charge in [0.2, 0.25) is 5.01 Å². The third-order valence-corrected chi connectivity index (χ3v) is 6.65. The average molecular weight is 454 g/mol. The van der Waals surface area contributed by atoms with E-state index in [1.54, 1.807) is 30.1 Å². The number of aromatic nitrogens is 4. The van der Waals surface area contributed by atoms with Crippen molar-refractivity contribution in [3.8, 4) is 5.69 Å². The number of nitrogens with zero attached hydrogens (tertiary/aromatic N) is 4. The van der Waals surface area contributed by atoms with Gasteiger partial charge in [-0.15, -0.1) is 10.2 Å². The standard InChI is InChI=1S/C22H20FN5OS2/c1-14-3-8-18(15(2)11-14)28-10-9-24-22(28)30-13-19-26-27-21(31-19)20(29)25-12-16-4-6-17(23)7-5-16/h3-11H,12-13H2,1-2H3,(H,25,29). The molecule has 0 fully saturated rings. The van der Waals surface area contributed by atoms with Crippen LogP contribution in [-0.4, -0.2) is 25.7 Å². The van der Waals surface area contributed by atoms with E-state index in [0.29, 0.717) is 17.3 Å². The van der Waals surface area contributed by atoms with Gasteiger partial charge in [-0.1, -0.05) is 52.9 Å². The minimum Gasteiger partial charge on any atom is -0.346 e. The van der Waals surface area contributed by atoms with Crippen molar-refractivity contribution in [2.24, 2.45) is 0 Å². The predicted molar refractivity (Wildman–Crippen MR) is 120 cm³/mol. The lowest BCUT2D eigenvalue weighted by atomic mass is 10.1. The molecule has 0 bridgehead atoms. The van der Waals surface area contributed by atoms with Gasteiger partial charge in [0.15, 0.2) is 5.16 Å². The van der Waals surface area contributed by atoms with Crippen molar-refractivity contribution in [1.82, 2.24) is 25.1 Å². The van der Waals surface area contributed by atoms with Crippen molar-refractivity contribution in [3.63, 3.8) is 0 Å². The molecule has 0 atom stereocenters. The van der Waals surface area contributed by atoms with E-state index in [0.717, 1.165) is 21.4 Å². The van der Waals surface area contributed by atoms with E-state index in [4.69, 9.17) is 0 Å². The normalized spacial score (nSPS) is 10.9. The molecule has 2 heterocycles. The first-order valence-corrected chi connectivity index (χ1v) is 11.4. The number of hydrogen-bond acceptors (Lipinski definition) is 6. The molecule has 2 aromatic carbocycles. The Balaban J connectivity index is 1.37. The van der Waals surface area contributed by atoms with Gasteiger partial charge in [-0.3, -0.25) is 9.36 Å². The average Bonchev–Trinajstić information content (AvgIpc) is 3.41. The fraction of sp³-hybridized carbons (Fsp3) is 0.182.